The molecule has 3 aromatic rings. The van der Waals surface area contributed by atoms with Crippen LogP contribution >= 0.6 is 0 Å². The fourth-order valence-electron chi connectivity index (χ4n) is 7.98. The molecule has 0 N–H and O–H groups in total. The number of piperidine rings is 1. The SMILES string of the molecule is C/C=C\C(=C/C)C1CCc2cc(OC(C)(C)C)ccc2C1c1ccc(N2CCC3(CC2)COC(COCc2ccccc2)C3)cc1. The lowest BCUT2D eigenvalue weighted by molar-refractivity contribution is 0.00801. The van der Waals surface area contributed by atoms with E-state index in [1.807, 2.05) is 6.07 Å². The van der Waals surface area contributed by atoms with Crippen LogP contribution in [0.5, 0.6) is 5.75 Å². The molecule has 0 radical (unpaired) electrons. The van der Waals surface area contributed by atoms with Crippen molar-refractivity contribution in [1.29, 1.82) is 0 Å². The van der Waals surface area contributed by atoms with Crippen molar-refractivity contribution in [2.24, 2.45) is 11.3 Å². The maximum Gasteiger partial charge on any atom is 0.120 e. The predicted molar refractivity (Wildman–Crippen MR) is 190 cm³/mol. The summed E-state index contributed by atoms with van der Waals surface area (Å²) in [5, 5.41) is 0. The lowest BCUT2D eigenvalue weighted by Gasteiger charge is -2.40. The molecule has 0 amide bonds. The van der Waals surface area contributed by atoms with Crippen molar-refractivity contribution < 1.29 is 14.2 Å². The number of ether oxygens (including phenoxy) is 3. The molecular formula is C42H53NO3. The molecule has 6 rings (SSSR count). The van der Waals surface area contributed by atoms with Crippen LogP contribution in [0.1, 0.15) is 88.5 Å². The molecule has 2 aliphatic heterocycles. The average Bonchev–Trinajstić information content (AvgIpc) is 3.45. The summed E-state index contributed by atoms with van der Waals surface area (Å²) in [4.78, 5) is 2.58. The molecule has 4 nitrogen and oxygen atoms in total. The van der Waals surface area contributed by atoms with Crippen LogP contribution in [0.3, 0.4) is 0 Å². The summed E-state index contributed by atoms with van der Waals surface area (Å²) in [6.45, 7) is 15.0. The van der Waals surface area contributed by atoms with Crippen molar-refractivity contribution >= 4 is 5.69 Å². The Bertz CT molecular complexity index is 1490. The number of benzene rings is 3. The van der Waals surface area contributed by atoms with Crippen molar-refractivity contribution in [1.82, 2.24) is 0 Å². The number of fused-ring (bicyclic) bond motifs is 1. The van der Waals surface area contributed by atoms with Crippen molar-refractivity contribution in [2.45, 2.75) is 91.0 Å². The fourth-order valence-corrected chi connectivity index (χ4v) is 7.98. The van der Waals surface area contributed by atoms with E-state index in [9.17, 15) is 0 Å². The summed E-state index contributed by atoms with van der Waals surface area (Å²) in [7, 11) is 0. The van der Waals surface area contributed by atoms with Crippen LogP contribution in [0.15, 0.2) is 96.6 Å². The first-order valence-electron chi connectivity index (χ1n) is 17.4. The van der Waals surface area contributed by atoms with E-state index in [1.165, 1.54) is 46.4 Å². The van der Waals surface area contributed by atoms with Gasteiger partial charge in [0, 0.05) is 24.7 Å². The van der Waals surface area contributed by atoms with Crippen molar-refractivity contribution in [3.63, 3.8) is 0 Å². The lowest BCUT2D eigenvalue weighted by atomic mass is 9.69. The number of hydrogen-bond donors (Lipinski definition) is 0. The highest BCUT2D eigenvalue weighted by Crippen LogP contribution is 2.47. The summed E-state index contributed by atoms with van der Waals surface area (Å²) < 4.78 is 18.6. The van der Waals surface area contributed by atoms with Crippen LogP contribution in [0, 0.1) is 11.3 Å². The van der Waals surface area contributed by atoms with Gasteiger partial charge in [0.1, 0.15) is 11.4 Å². The van der Waals surface area contributed by atoms with Crippen molar-refractivity contribution in [2.75, 3.05) is 31.2 Å². The molecule has 3 aromatic carbocycles. The minimum absolute atomic E-state index is 0.206. The van der Waals surface area contributed by atoms with Gasteiger partial charge in [-0.3, -0.25) is 0 Å². The normalized spacial score (nSPS) is 23.2. The molecule has 2 heterocycles. The first-order valence-corrected chi connectivity index (χ1v) is 17.4. The molecular weight excluding hydrogens is 566 g/mol. The number of aryl methyl sites for hydroxylation is 1. The number of anilines is 1. The number of hydrogen-bond acceptors (Lipinski definition) is 4. The minimum atomic E-state index is -0.206. The van der Waals surface area contributed by atoms with Crippen LogP contribution in [0.4, 0.5) is 5.69 Å². The Morgan fingerprint density at radius 3 is 2.43 bits per heavy atom. The highest BCUT2D eigenvalue weighted by molar-refractivity contribution is 5.52. The predicted octanol–water partition coefficient (Wildman–Crippen LogP) is 9.67. The van der Waals surface area contributed by atoms with Gasteiger partial charge in [0.05, 0.1) is 25.9 Å². The molecule has 4 heteroatoms. The molecule has 2 fully saturated rings. The Morgan fingerprint density at radius 2 is 1.74 bits per heavy atom. The molecule has 1 spiro atoms. The second-order valence-corrected chi connectivity index (χ2v) is 14.7. The molecule has 46 heavy (non-hydrogen) atoms. The zero-order valence-electron chi connectivity index (χ0n) is 28.6. The molecule has 3 unspecified atom stereocenters. The van der Waals surface area contributed by atoms with Gasteiger partial charge in [0.25, 0.3) is 0 Å². The van der Waals surface area contributed by atoms with Crippen LogP contribution in [-0.4, -0.2) is 38.0 Å². The maximum absolute atomic E-state index is 6.26. The molecule has 3 atom stereocenters. The smallest absolute Gasteiger partial charge is 0.120 e. The highest BCUT2D eigenvalue weighted by atomic mass is 16.5. The third kappa shape index (κ3) is 7.61. The Morgan fingerprint density at radius 1 is 0.978 bits per heavy atom. The Balaban J connectivity index is 1.12. The van der Waals surface area contributed by atoms with Gasteiger partial charge >= 0.3 is 0 Å². The summed E-state index contributed by atoms with van der Waals surface area (Å²) >= 11 is 0. The largest absolute Gasteiger partial charge is 0.488 e. The quantitative estimate of drug-likeness (QED) is 0.223. The van der Waals surface area contributed by atoms with E-state index >= 15 is 0 Å². The number of nitrogens with zero attached hydrogens (tertiary/aromatic N) is 1. The van der Waals surface area contributed by atoms with Crippen LogP contribution in [0.2, 0.25) is 0 Å². The molecule has 1 aliphatic carbocycles. The third-order valence-corrected chi connectivity index (χ3v) is 10.3. The zero-order valence-corrected chi connectivity index (χ0v) is 28.6. The molecule has 0 saturated carbocycles. The van der Waals surface area contributed by atoms with E-state index in [-0.39, 0.29) is 11.7 Å². The minimum Gasteiger partial charge on any atom is -0.488 e. The lowest BCUT2D eigenvalue weighted by Crippen LogP contribution is -2.40. The molecule has 0 bridgehead atoms. The third-order valence-electron chi connectivity index (χ3n) is 10.3. The fraction of sp³-hybridized carbons (Fsp3) is 0.476. The maximum atomic E-state index is 6.26. The van der Waals surface area contributed by atoms with Crippen LogP contribution < -0.4 is 9.64 Å². The van der Waals surface area contributed by atoms with E-state index in [2.05, 4.69) is 124 Å². The first kappa shape index (κ1) is 32.6. The van der Waals surface area contributed by atoms with Crippen LogP contribution in [0.25, 0.3) is 0 Å². The van der Waals surface area contributed by atoms with E-state index in [0.717, 1.165) is 44.7 Å². The molecule has 2 saturated heterocycles. The average molecular weight is 620 g/mol. The van der Waals surface area contributed by atoms with Gasteiger partial charge in [-0.2, -0.15) is 0 Å². The van der Waals surface area contributed by atoms with E-state index in [0.29, 0.717) is 30.5 Å². The molecule has 3 aliphatic rings. The van der Waals surface area contributed by atoms with E-state index in [1.54, 1.807) is 0 Å². The van der Waals surface area contributed by atoms with E-state index in [4.69, 9.17) is 14.2 Å². The van der Waals surface area contributed by atoms with Gasteiger partial charge in [0.2, 0.25) is 0 Å². The zero-order chi connectivity index (χ0) is 32.1. The van der Waals surface area contributed by atoms with Crippen LogP contribution in [-0.2, 0) is 22.5 Å². The van der Waals surface area contributed by atoms with Gasteiger partial charge in [-0.1, -0.05) is 66.8 Å². The van der Waals surface area contributed by atoms with Gasteiger partial charge in [-0.15, -0.1) is 0 Å². The van der Waals surface area contributed by atoms with Crippen molar-refractivity contribution in [3.8, 4) is 5.75 Å². The van der Waals surface area contributed by atoms with Crippen molar-refractivity contribution in [3.05, 3.63) is 119 Å². The van der Waals surface area contributed by atoms with Gasteiger partial charge in [-0.25, -0.2) is 0 Å². The Hall–Kier alpha value is -3.34. The summed E-state index contributed by atoms with van der Waals surface area (Å²) in [6, 6.07) is 26.7. The van der Waals surface area contributed by atoms with Gasteiger partial charge in [0.15, 0.2) is 0 Å². The number of allylic oxidation sites excluding steroid dienone is 4. The highest BCUT2D eigenvalue weighted by Gasteiger charge is 2.42. The monoisotopic (exact) mass is 619 g/mol. The summed E-state index contributed by atoms with van der Waals surface area (Å²) in [6.07, 6.45) is 12.7. The molecule has 0 aromatic heterocycles. The van der Waals surface area contributed by atoms with Gasteiger partial charge < -0.3 is 19.1 Å². The second-order valence-electron chi connectivity index (χ2n) is 14.7. The first-order chi connectivity index (χ1) is 22.3. The van der Waals surface area contributed by atoms with E-state index < -0.39 is 0 Å². The standard InChI is InChI=1S/C42H53NO3/c1-6-11-32(7-2)38-20-16-34-26-36(46-41(3,4)5)19-21-39(34)40(38)33-14-17-35(18-15-33)43-24-22-42(23-25-43)27-37(45-30-42)29-44-28-31-12-9-8-10-13-31/h6-15,17-19,21,26,37-38,40H,16,20,22-25,27-30H2,1-5H3/b11-6-,32-7+. The van der Waals surface area contributed by atoms with Gasteiger partial charge in [-0.05, 0) is 130 Å². The topological polar surface area (TPSA) is 30.9 Å². The summed E-state index contributed by atoms with van der Waals surface area (Å²) in [5.74, 6) is 1.75. The number of rotatable bonds is 9. The second kappa shape index (κ2) is 14.2. The Labute approximate surface area is 277 Å². The molecule has 244 valence electrons. The Kier molecular flexibility index (Phi) is 10.1. The summed E-state index contributed by atoms with van der Waals surface area (Å²) in [5.41, 5.74) is 8.34.